The SMILES string of the molecule is Cc1cccc(C)c1NC(=O)CNC(=O)C(C)NC(=O)c1ccccc1Cl. The molecule has 0 saturated heterocycles. The maximum absolute atomic E-state index is 12.2. The van der Waals surface area contributed by atoms with Crippen LogP contribution in [0.1, 0.15) is 28.4 Å². The molecule has 2 rings (SSSR count). The van der Waals surface area contributed by atoms with Crippen LogP contribution >= 0.6 is 11.6 Å². The number of hydrogen-bond acceptors (Lipinski definition) is 3. The minimum atomic E-state index is -0.818. The van der Waals surface area contributed by atoms with Gasteiger partial charge in [0.1, 0.15) is 6.04 Å². The Balaban J connectivity index is 1.86. The van der Waals surface area contributed by atoms with Crippen molar-refractivity contribution >= 4 is 35.0 Å². The zero-order valence-corrected chi connectivity index (χ0v) is 16.2. The minimum absolute atomic E-state index is 0.196. The van der Waals surface area contributed by atoms with E-state index >= 15 is 0 Å². The Kier molecular flexibility index (Phi) is 6.96. The van der Waals surface area contributed by atoms with Crippen LogP contribution in [-0.2, 0) is 9.59 Å². The molecule has 3 amide bonds. The second kappa shape index (κ2) is 9.19. The van der Waals surface area contributed by atoms with Crippen molar-refractivity contribution in [2.24, 2.45) is 0 Å². The molecule has 1 unspecified atom stereocenters. The van der Waals surface area contributed by atoms with Crippen molar-refractivity contribution in [3.63, 3.8) is 0 Å². The number of nitrogens with one attached hydrogen (secondary N) is 3. The van der Waals surface area contributed by atoms with E-state index in [9.17, 15) is 14.4 Å². The van der Waals surface area contributed by atoms with Gasteiger partial charge in [-0.25, -0.2) is 0 Å². The first kappa shape index (κ1) is 20.5. The molecule has 0 saturated carbocycles. The van der Waals surface area contributed by atoms with Crippen LogP contribution in [0.25, 0.3) is 0 Å². The monoisotopic (exact) mass is 387 g/mol. The molecular weight excluding hydrogens is 366 g/mol. The molecule has 27 heavy (non-hydrogen) atoms. The van der Waals surface area contributed by atoms with Gasteiger partial charge < -0.3 is 16.0 Å². The van der Waals surface area contributed by atoms with Crippen LogP contribution in [0, 0.1) is 13.8 Å². The molecule has 6 nitrogen and oxygen atoms in total. The van der Waals surface area contributed by atoms with Gasteiger partial charge in [0, 0.05) is 5.69 Å². The molecule has 0 heterocycles. The largest absolute Gasteiger partial charge is 0.345 e. The summed E-state index contributed by atoms with van der Waals surface area (Å²) in [7, 11) is 0. The van der Waals surface area contributed by atoms with Crippen molar-refractivity contribution in [1.29, 1.82) is 0 Å². The molecule has 0 bridgehead atoms. The second-order valence-corrected chi connectivity index (χ2v) is 6.61. The number of rotatable bonds is 6. The Bertz CT molecular complexity index is 847. The average Bonchev–Trinajstić information content (AvgIpc) is 2.63. The summed E-state index contributed by atoms with van der Waals surface area (Å²) in [6.45, 7) is 5.13. The third kappa shape index (κ3) is 5.56. The van der Waals surface area contributed by atoms with E-state index in [1.54, 1.807) is 24.3 Å². The number of amides is 3. The third-order valence-electron chi connectivity index (χ3n) is 4.03. The highest BCUT2D eigenvalue weighted by atomic mass is 35.5. The van der Waals surface area contributed by atoms with Gasteiger partial charge in [-0.3, -0.25) is 14.4 Å². The summed E-state index contributed by atoms with van der Waals surface area (Å²) in [4.78, 5) is 36.4. The van der Waals surface area contributed by atoms with Crippen LogP contribution < -0.4 is 16.0 Å². The van der Waals surface area contributed by atoms with E-state index in [0.717, 1.165) is 16.8 Å². The molecule has 3 N–H and O–H groups in total. The maximum atomic E-state index is 12.2. The molecule has 7 heteroatoms. The van der Waals surface area contributed by atoms with Gasteiger partial charge in [-0.15, -0.1) is 0 Å². The highest BCUT2D eigenvalue weighted by Gasteiger charge is 2.18. The molecule has 2 aromatic carbocycles. The molecule has 2 aromatic rings. The zero-order chi connectivity index (χ0) is 20.0. The summed E-state index contributed by atoms with van der Waals surface area (Å²) in [6, 6.07) is 11.4. The van der Waals surface area contributed by atoms with E-state index < -0.39 is 17.9 Å². The predicted octanol–water partition coefficient (Wildman–Crippen LogP) is 2.83. The third-order valence-corrected chi connectivity index (χ3v) is 4.36. The van der Waals surface area contributed by atoms with Gasteiger partial charge in [0.2, 0.25) is 11.8 Å². The number of halogens is 1. The van der Waals surface area contributed by atoms with Gasteiger partial charge in [-0.1, -0.05) is 41.9 Å². The van der Waals surface area contributed by atoms with Crippen LogP contribution in [0.2, 0.25) is 5.02 Å². The molecule has 0 aromatic heterocycles. The normalized spacial score (nSPS) is 11.4. The van der Waals surface area contributed by atoms with E-state index in [1.165, 1.54) is 6.92 Å². The van der Waals surface area contributed by atoms with Crippen LogP contribution in [0.4, 0.5) is 5.69 Å². The van der Waals surface area contributed by atoms with Gasteiger partial charge >= 0.3 is 0 Å². The molecule has 0 aliphatic rings. The van der Waals surface area contributed by atoms with Crippen molar-refractivity contribution in [2.45, 2.75) is 26.8 Å². The van der Waals surface area contributed by atoms with Gasteiger partial charge in [0.05, 0.1) is 17.1 Å². The van der Waals surface area contributed by atoms with E-state index in [0.29, 0.717) is 5.02 Å². The van der Waals surface area contributed by atoms with Crippen LogP contribution in [0.15, 0.2) is 42.5 Å². The minimum Gasteiger partial charge on any atom is -0.345 e. The van der Waals surface area contributed by atoms with Crippen LogP contribution in [-0.4, -0.2) is 30.3 Å². The smallest absolute Gasteiger partial charge is 0.253 e. The Labute approximate surface area is 163 Å². The number of aryl methyl sites for hydroxylation is 2. The first-order chi connectivity index (χ1) is 12.8. The van der Waals surface area contributed by atoms with E-state index in [1.807, 2.05) is 32.0 Å². The first-order valence-corrected chi connectivity index (χ1v) is 8.86. The molecule has 0 aliphatic heterocycles. The number of carbonyl (C=O) groups is 3. The van der Waals surface area contributed by atoms with Crippen molar-refractivity contribution in [2.75, 3.05) is 11.9 Å². The molecule has 0 aliphatic carbocycles. The Morgan fingerprint density at radius 3 is 2.26 bits per heavy atom. The second-order valence-electron chi connectivity index (χ2n) is 6.21. The topological polar surface area (TPSA) is 87.3 Å². The molecule has 0 fully saturated rings. The Morgan fingerprint density at radius 2 is 1.63 bits per heavy atom. The van der Waals surface area contributed by atoms with Gasteiger partial charge in [0.25, 0.3) is 5.91 Å². The number of hydrogen-bond donors (Lipinski definition) is 3. The van der Waals surface area contributed by atoms with Crippen molar-refractivity contribution in [3.05, 3.63) is 64.2 Å². The lowest BCUT2D eigenvalue weighted by Gasteiger charge is -2.15. The lowest BCUT2D eigenvalue weighted by Crippen LogP contribution is -2.46. The van der Waals surface area contributed by atoms with Gasteiger partial charge in [-0.2, -0.15) is 0 Å². The van der Waals surface area contributed by atoms with Crippen molar-refractivity contribution < 1.29 is 14.4 Å². The zero-order valence-electron chi connectivity index (χ0n) is 15.4. The number of para-hydroxylation sites is 1. The van der Waals surface area contributed by atoms with Crippen LogP contribution in [0.3, 0.4) is 0 Å². The summed E-state index contributed by atoms with van der Waals surface area (Å²) in [5.41, 5.74) is 2.90. The highest BCUT2D eigenvalue weighted by molar-refractivity contribution is 6.33. The van der Waals surface area contributed by atoms with Gasteiger partial charge in [0.15, 0.2) is 0 Å². The molecule has 0 spiro atoms. The summed E-state index contributed by atoms with van der Waals surface area (Å²) >= 11 is 5.97. The fourth-order valence-corrected chi connectivity index (χ4v) is 2.72. The highest BCUT2D eigenvalue weighted by Crippen LogP contribution is 2.19. The molecular formula is C20H22ClN3O3. The van der Waals surface area contributed by atoms with E-state index in [4.69, 9.17) is 11.6 Å². The Morgan fingerprint density at radius 1 is 1.00 bits per heavy atom. The summed E-state index contributed by atoms with van der Waals surface area (Å²) < 4.78 is 0. The summed E-state index contributed by atoms with van der Waals surface area (Å²) in [5, 5.41) is 8.17. The number of anilines is 1. The number of benzene rings is 2. The molecule has 1 atom stereocenters. The van der Waals surface area contributed by atoms with E-state index in [2.05, 4.69) is 16.0 Å². The lowest BCUT2D eigenvalue weighted by molar-refractivity contribution is -0.125. The molecule has 0 radical (unpaired) electrons. The Hall–Kier alpha value is -2.86. The maximum Gasteiger partial charge on any atom is 0.253 e. The molecule has 142 valence electrons. The lowest BCUT2D eigenvalue weighted by atomic mass is 10.1. The standard InChI is InChI=1S/C20H22ClN3O3/c1-12-7-6-8-13(2)18(12)24-17(25)11-22-19(26)14(3)23-20(27)15-9-4-5-10-16(15)21/h4-10,14H,11H2,1-3H3,(H,22,26)(H,23,27)(H,24,25). The van der Waals surface area contributed by atoms with E-state index in [-0.39, 0.29) is 18.0 Å². The number of carbonyl (C=O) groups excluding carboxylic acids is 3. The summed E-state index contributed by atoms with van der Waals surface area (Å²) in [6.07, 6.45) is 0. The fraction of sp³-hybridized carbons (Fsp3) is 0.250. The first-order valence-electron chi connectivity index (χ1n) is 8.48. The van der Waals surface area contributed by atoms with Crippen molar-refractivity contribution in [3.8, 4) is 0 Å². The quantitative estimate of drug-likeness (QED) is 0.712. The van der Waals surface area contributed by atoms with Crippen molar-refractivity contribution in [1.82, 2.24) is 10.6 Å². The fourth-order valence-electron chi connectivity index (χ4n) is 2.50. The van der Waals surface area contributed by atoms with Gasteiger partial charge in [-0.05, 0) is 44.0 Å². The van der Waals surface area contributed by atoms with Crippen LogP contribution in [0.5, 0.6) is 0 Å². The summed E-state index contributed by atoms with van der Waals surface area (Å²) in [5.74, 6) is -1.26. The predicted molar refractivity (Wildman–Crippen MR) is 106 cm³/mol. The average molecular weight is 388 g/mol.